The monoisotopic (exact) mass is 510 g/mol. The summed E-state index contributed by atoms with van der Waals surface area (Å²) in [6.45, 7) is 2.80. The molecule has 2 aliphatic heterocycles. The van der Waals surface area contributed by atoms with Crippen LogP contribution in [0.3, 0.4) is 0 Å². The largest absolute Gasteiger partial charge is 0.497 e. The fraction of sp³-hybridized carbons (Fsp3) is 0.357. The lowest BCUT2D eigenvalue weighted by atomic mass is 9.91. The summed E-state index contributed by atoms with van der Waals surface area (Å²) in [6, 6.07) is 18.5. The number of piperidine rings is 1. The molecule has 5 rings (SSSR count). The molecule has 0 radical (unpaired) electrons. The van der Waals surface area contributed by atoms with Crippen LogP contribution in [0.1, 0.15) is 33.6 Å². The lowest BCUT2D eigenvalue weighted by molar-refractivity contribution is 0.0453. The molecule has 8 heteroatoms. The zero-order valence-electron chi connectivity index (χ0n) is 20.3. The van der Waals surface area contributed by atoms with Gasteiger partial charge in [0.15, 0.2) is 0 Å². The number of carbonyl (C=O) groups excluding carboxylic acids is 2. The van der Waals surface area contributed by atoms with Crippen LogP contribution in [-0.4, -0.2) is 72.7 Å². The molecule has 0 saturated carbocycles. The third-order valence-electron chi connectivity index (χ3n) is 6.97. The molecule has 190 valence electrons. The van der Waals surface area contributed by atoms with Crippen LogP contribution in [0.25, 0.3) is 10.8 Å². The van der Waals surface area contributed by atoms with E-state index in [0.29, 0.717) is 30.0 Å². The van der Waals surface area contributed by atoms with Gasteiger partial charge in [-0.15, -0.1) is 12.4 Å². The van der Waals surface area contributed by atoms with Gasteiger partial charge in [0.1, 0.15) is 24.2 Å². The van der Waals surface area contributed by atoms with Gasteiger partial charge in [0.05, 0.1) is 7.11 Å². The molecule has 7 nitrogen and oxygen atoms in total. The summed E-state index contributed by atoms with van der Waals surface area (Å²) >= 11 is 0. The normalized spacial score (nSPS) is 17.1. The predicted octanol–water partition coefficient (Wildman–Crippen LogP) is 4.02. The van der Waals surface area contributed by atoms with Crippen LogP contribution in [0, 0.1) is 5.92 Å². The lowest BCUT2D eigenvalue weighted by Gasteiger charge is -2.36. The second kappa shape index (κ2) is 11.3. The SMILES string of the molecule is COc1ccc(OCC(O)CN2CCC(CN3C(=O)c4cccc5cccc(c45)C3=O)CC2)cc1.Cl. The van der Waals surface area contributed by atoms with Gasteiger partial charge < -0.3 is 19.5 Å². The molecule has 3 aromatic rings. The molecular formula is C28H31ClN2O5. The van der Waals surface area contributed by atoms with Gasteiger partial charge >= 0.3 is 0 Å². The van der Waals surface area contributed by atoms with Gasteiger partial charge in [-0.25, -0.2) is 0 Å². The number of amides is 2. The average molecular weight is 511 g/mol. The van der Waals surface area contributed by atoms with E-state index in [9.17, 15) is 14.7 Å². The first kappa shape index (κ1) is 25.9. The van der Waals surface area contributed by atoms with Crippen LogP contribution >= 0.6 is 12.4 Å². The van der Waals surface area contributed by atoms with Crippen molar-refractivity contribution < 1.29 is 24.2 Å². The first-order chi connectivity index (χ1) is 17.0. The minimum Gasteiger partial charge on any atom is -0.497 e. The quantitative estimate of drug-likeness (QED) is 0.461. The van der Waals surface area contributed by atoms with Crippen molar-refractivity contribution in [2.45, 2.75) is 18.9 Å². The second-order valence-corrected chi connectivity index (χ2v) is 9.31. The highest BCUT2D eigenvalue weighted by atomic mass is 35.5. The molecule has 1 fully saturated rings. The van der Waals surface area contributed by atoms with Gasteiger partial charge in [0.25, 0.3) is 11.8 Å². The highest BCUT2D eigenvalue weighted by Crippen LogP contribution is 2.31. The Hall–Kier alpha value is -3.13. The number of ether oxygens (including phenoxy) is 2. The second-order valence-electron chi connectivity index (χ2n) is 9.31. The molecule has 1 atom stereocenters. The Morgan fingerprint density at radius 2 is 1.50 bits per heavy atom. The van der Waals surface area contributed by atoms with E-state index in [-0.39, 0.29) is 36.7 Å². The van der Waals surface area contributed by atoms with E-state index in [1.807, 2.05) is 60.7 Å². The summed E-state index contributed by atoms with van der Waals surface area (Å²) in [6.07, 6.45) is 1.14. The molecule has 0 aromatic heterocycles. The number of likely N-dealkylation sites (tertiary alicyclic amines) is 1. The number of hydrogen-bond acceptors (Lipinski definition) is 6. The number of halogens is 1. The Balaban J connectivity index is 0.00000304. The minimum absolute atomic E-state index is 0. The van der Waals surface area contributed by atoms with Crippen molar-refractivity contribution in [2.24, 2.45) is 5.92 Å². The zero-order chi connectivity index (χ0) is 24.4. The summed E-state index contributed by atoms with van der Waals surface area (Å²) in [5.74, 6) is 1.30. The summed E-state index contributed by atoms with van der Waals surface area (Å²) in [4.78, 5) is 30.0. The minimum atomic E-state index is -0.601. The maximum absolute atomic E-state index is 13.2. The van der Waals surface area contributed by atoms with Crippen LogP contribution < -0.4 is 9.47 Å². The number of β-amino-alcohol motifs (C(OH)–C–C–N with tert-alkyl or cyclic N) is 1. The van der Waals surface area contributed by atoms with Crippen molar-refractivity contribution in [1.82, 2.24) is 9.80 Å². The first-order valence-electron chi connectivity index (χ1n) is 12.1. The maximum atomic E-state index is 13.2. The number of carbonyl (C=O) groups is 2. The van der Waals surface area contributed by atoms with Crippen molar-refractivity contribution in [3.63, 3.8) is 0 Å². The molecule has 36 heavy (non-hydrogen) atoms. The number of rotatable bonds is 8. The van der Waals surface area contributed by atoms with Crippen molar-refractivity contribution in [3.8, 4) is 11.5 Å². The third kappa shape index (κ3) is 5.33. The van der Waals surface area contributed by atoms with E-state index < -0.39 is 6.10 Å². The number of hydrogen-bond donors (Lipinski definition) is 1. The number of aliphatic hydroxyl groups is 1. The zero-order valence-corrected chi connectivity index (χ0v) is 21.1. The van der Waals surface area contributed by atoms with Crippen molar-refractivity contribution in [3.05, 3.63) is 71.8 Å². The Bertz CT molecular complexity index is 1170. The molecule has 0 spiro atoms. The Labute approximate surface area is 217 Å². The summed E-state index contributed by atoms with van der Waals surface area (Å²) < 4.78 is 10.8. The third-order valence-corrected chi connectivity index (χ3v) is 6.97. The number of benzene rings is 3. The van der Waals surface area contributed by atoms with Crippen LogP contribution in [0.4, 0.5) is 0 Å². The van der Waals surface area contributed by atoms with E-state index in [1.54, 1.807) is 7.11 Å². The molecule has 1 unspecified atom stereocenters. The van der Waals surface area contributed by atoms with E-state index in [2.05, 4.69) is 4.90 Å². The van der Waals surface area contributed by atoms with Crippen LogP contribution in [0.5, 0.6) is 11.5 Å². The average Bonchev–Trinajstić information content (AvgIpc) is 2.89. The van der Waals surface area contributed by atoms with Gasteiger partial charge in [-0.2, -0.15) is 0 Å². The molecule has 1 N–H and O–H groups in total. The Morgan fingerprint density at radius 1 is 0.917 bits per heavy atom. The van der Waals surface area contributed by atoms with E-state index in [1.165, 1.54) is 4.90 Å². The summed E-state index contributed by atoms with van der Waals surface area (Å²) in [5, 5.41) is 12.1. The molecule has 0 aliphatic carbocycles. The van der Waals surface area contributed by atoms with Crippen molar-refractivity contribution in [2.75, 3.05) is 39.9 Å². The highest BCUT2D eigenvalue weighted by molar-refractivity contribution is 6.25. The lowest BCUT2D eigenvalue weighted by Crippen LogP contribution is -2.46. The van der Waals surface area contributed by atoms with Gasteiger partial charge in [0.2, 0.25) is 0 Å². The predicted molar refractivity (Wildman–Crippen MR) is 140 cm³/mol. The number of imide groups is 1. The van der Waals surface area contributed by atoms with Crippen LogP contribution in [0.2, 0.25) is 0 Å². The highest BCUT2D eigenvalue weighted by Gasteiger charge is 2.34. The van der Waals surface area contributed by atoms with Gasteiger partial charge in [-0.05, 0) is 73.6 Å². The van der Waals surface area contributed by atoms with E-state index >= 15 is 0 Å². The fourth-order valence-corrected chi connectivity index (χ4v) is 5.07. The maximum Gasteiger partial charge on any atom is 0.261 e. The summed E-state index contributed by atoms with van der Waals surface area (Å²) in [7, 11) is 1.62. The molecule has 2 amide bonds. The molecule has 2 aliphatic rings. The Kier molecular flexibility index (Phi) is 8.14. The number of nitrogens with zero attached hydrogens (tertiary/aromatic N) is 2. The van der Waals surface area contributed by atoms with Crippen LogP contribution in [-0.2, 0) is 0 Å². The molecule has 2 heterocycles. The van der Waals surface area contributed by atoms with Crippen molar-refractivity contribution in [1.29, 1.82) is 0 Å². The molecule has 3 aromatic carbocycles. The van der Waals surface area contributed by atoms with Gasteiger partial charge in [-0.3, -0.25) is 14.5 Å². The number of methoxy groups -OCH3 is 1. The van der Waals surface area contributed by atoms with Crippen LogP contribution in [0.15, 0.2) is 60.7 Å². The fourth-order valence-electron chi connectivity index (χ4n) is 5.07. The molecule has 0 bridgehead atoms. The first-order valence-corrected chi connectivity index (χ1v) is 12.1. The number of aliphatic hydroxyl groups excluding tert-OH is 1. The Morgan fingerprint density at radius 3 is 2.08 bits per heavy atom. The standard InChI is InChI=1S/C28H30N2O5.ClH/c1-34-22-8-10-23(11-9-22)35-18-21(31)17-29-14-12-19(13-15-29)16-30-27(32)24-6-2-4-20-5-3-7-25(26(20)24)28(30)33;/h2-11,19,21,31H,12-18H2,1H3;1H. The smallest absolute Gasteiger partial charge is 0.261 e. The van der Waals surface area contributed by atoms with Crippen molar-refractivity contribution >= 4 is 35.0 Å². The van der Waals surface area contributed by atoms with Gasteiger partial charge in [0, 0.05) is 29.6 Å². The van der Waals surface area contributed by atoms with E-state index in [0.717, 1.165) is 42.5 Å². The van der Waals surface area contributed by atoms with E-state index in [4.69, 9.17) is 9.47 Å². The summed E-state index contributed by atoms with van der Waals surface area (Å²) in [5.41, 5.74) is 1.21. The van der Waals surface area contributed by atoms with Gasteiger partial charge in [-0.1, -0.05) is 24.3 Å². The molecular weight excluding hydrogens is 480 g/mol. The topological polar surface area (TPSA) is 79.3 Å². The molecule has 1 saturated heterocycles.